The van der Waals surface area contributed by atoms with Crippen molar-refractivity contribution in [3.05, 3.63) is 11.8 Å². The Bertz CT molecular complexity index is 166. The lowest BCUT2D eigenvalue weighted by molar-refractivity contribution is 0.0631. The average Bonchev–Trinajstić information content (AvgIpc) is 2.51. The second-order valence-corrected chi connectivity index (χ2v) is 3.23. The SMILES string of the molecule is CC(C)OCC(N)C1=CCCO1. The van der Waals surface area contributed by atoms with Crippen molar-refractivity contribution in [2.45, 2.75) is 32.4 Å². The van der Waals surface area contributed by atoms with Crippen LogP contribution in [0.4, 0.5) is 0 Å². The van der Waals surface area contributed by atoms with Gasteiger partial charge in [-0.1, -0.05) is 0 Å². The highest BCUT2D eigenvalue weighted by atomic mass is 16.5. The maximum atomic E-state index is 5.81. The Hall–Kier alpha value is -0.540. The van der Waals surface area contributed by atoms with E-state index >= 15 is 0 Å². The van der Waals surface area contributed by atoms with Gasteiger partial charge in [0.25, 0.3) is 0 Å². The van der Waals surface area contributed by atoms with Gasteiger partial charge in [-0.2, -0.15) is 0 Å². The molecule has 1 atom stereocenters. The molecule has 0 saturated carbocycles. The Morgan fingerprint density at radius 1 is 1.67 bits per heavy atom. The van der Waals surface area contributed by atoms with E-state index in [0.717, 1.165) is 18.8 Å². The molecular formula is C9H17NO2. The van der Waals surface area contributed by atoms with E-state index < -0.39 is 0 Å². The maximum absolute atomic E-state index is 5.81. The molecule has 2 N–H and O–H groups in total. The van der Waals surface area contributed by atoms with Gasteiger partial charge in [-0.15, -0.1) is 0 Å². The normalized spacial score (nSPS) is 19.2. The van der Waals surface area contributed by atoms with Crippen LogP contribution in [0.1, 0.15) is 20.3 Å². The van der Waals surface area contributed by atoms with E-state index in [0.29, 0.717) is 6.61 Å². The van der Waals surface area contributed by atoms with Crippen LogP contribution in [0.2, 0.25) is 0 Å². The predicted octanol–water partition coefficient (Wildman–Crippen LogP) is 1.04. The number of rotatable bonds is 4. The third kappa shape index (κ3) is 2.83. The van der Waals surface area contributed by atoms with Crippen LogP contribution in [0.15, 0.2) is 11.8 Å². The van der Waals surface area contributed by atoms with Crippen LogP contribution in [-0.2, 0) is 9.47 Å². The third-order valence-corrected chi connectivity index (χ3v) is 1.71. The Balaban J connectivity index is 2.23. The molecule has 12 heavy (non-hydrogen) atoms. The highest BCUT2D eigenvalue weighted by molar-refractivity contribution is 5.05. The minimum Gasteiger partial charge on any atom is -0.496 e. The predicted molar refractivity (Wildman–Crippen MR) is 47.7 cm³/mol. The average molecular weight is 171 g/mol. The van der Waals surface area contributed by atoms with Gasteiger partial charge in [0.15, 0.2) is 0 Å². The first-order valence-corrected chi connectivity index (χ1v) is 4.40. The summed E-state index contributed by atoms with van der Waals surface area (Å²) in [6.45, 7) is 5.31. The van der Waals surface area contributed by atoms with E-state index in [9.17, 15) is 0 Å². The molecule has 0 aromatic carbocycles. The quantitative estimate of drug-likeness (QED) is 0.687. The maximum Gasteiger partial charge on any atom is 0.111 e. The van der Waals surface area contributed by atoms with Gasteiger partial charge in [0, 0.05) is 6.42 Å². The number of hydrogen-bond acceptors (Lipinski definition) is 3. The first kappa shape index (κ1) is 9.55. The van der Waals surface area contributed by atoms with Gasteiger partial charge in [-0.25, -0.2) is 0 Å². The summed E-state index contributed by atoms with van der Waals surface area (Å²) < 4.78 is 10.7. The minimum absolute atomic E-state index is 0.0881. The minimum atomic E-state index is -0.0881. The number of ether oxygens (including phenoxy) is 2. The molecule has 0 fully saturated rings. The van der Waals surface area contributed by atoms with Crippen molar-refractivity contribution in [1.29, 1.82) is 0 Å². The molecule has 1 rings (SSSR count). The van der Waals surface area contributed by atoms with Gasteiger partial charge in [-0.05, 0) is 19.9 Å². The lowest BCUT2D eigenvalue weighted by atomic mass is 10.2. The van der Waals surface area contributed by atoms with Gasteiger partial charge >= 0.3 is 0 Å². The summed E-state index contributed by atoms with van der Waals surface area (Å²) in [6, 6.07) is -0.0881. The lowest BCUT2D eigenvalue weighted by Crippen LogP contribution is -2.30. The van der Waals surface area contributed by atoms with E-state index in [-0.39, 0.29) is 12.1 Å². The van der Waals surface area contributed by atoms with Gasteiger partial charge < -0.3 is 15.2 Å². The largest absolute Gasteiger partial charge is 0.496 e. The zero-order valence-corrected chi connectivity index (χ0v) is 7.75. The molecule has 0 spiro atoms. The molecule has 0 aromatic rings. The fraction of sp³-hybridized carbons (Fsp3) is 0.778. The van der Waals surface area contributed by atoms with Gasteiger partial charge in [0.05, 0.1) is 25.4 Å². The molecule has 1 unspecified atom stereocenters. The Labute approximate surface area is 73.5 Å². The summed E-state index contributed by atoms with van der Waals surface area (Å²) in [6.07, 6.45) is 3.25. The zero-order chi connectivity index (χ0) is 8.97. The van der Waals surface area contributed by atoms with Gasteiger partial charge in [-0.3, -0.25) is 0 Å². The number of nitrogens with two attached hydrogens (primary N) is 1. The van der Waals surface area contributed by atoms with Gasteiger partial charge in [0.1, 0.15) is 5.76 Å². The van der Waals surface area contributed by atoms with Gasteiger partial charge in [0.2, 0.25) is 0 Å². The molecule has 3 nitrogen and oxygen atoms in total. The van der Waals surface area contributed by atoms with Crippen molar-refractivity contribution >= 4 is 0 Å². The highest BCUT2D eigenvalue weighted by Crippen LogP contribution is 2.12. The van der Waals surface area contributed by atoms with E-state index in [4.69, 9.17) is 15.2 Å². The van der Waals surface area contributed by atoms with E-state index in [1.807, 2.05) is 19.9 Å². The molecule has 0 amide bonds. The number of hydrogen-bond donors (Lipinski definition) is 1. The highest BCUT2D eigenvalue weighted by Gasteiger charge is 2.14. The second kappa shape index (κ2) is 4.48. The molecule has 70 valence electrons. The van der Waals surface area contributed by atoms with Crippen LogP contribution in [0, 0.1) is 0 Å². The molecule has 3 heteroatoms. The Kier molecular flexibility index (Phi) is 3.56. The Morgan fingerprint density at radius 3 is 2.92 bits per heavy atom. The van der Waals surface area contributed by atoms with E-state index in [1.165, 1.54) is 0 Å². The molecular weight excluding hydrogens is 154 g/mol. The Morgan fingerprint density at radius 2 is 2.42 bits per heavy atom. The van der Waals surface area contributed by atoms with Crippen LogP contribution in [0.25, 0.3) is 0 Å². The molecule has 0 saturated heterocycles. The summed E-state index contributed by atoms with van der Waals surface area (Å²) in [7, 11) is 0. The second-order valence-electron chi connectivity index (χ2n) is 3.23. The molecule has 1 aliphatic rings. The van der Waals surface area contributed by atoms with Crippen molar-refractivity contribution in [2.24, 2.45) is 5.73 Å². The fourth-order valence-electron chi connectivity index (χ4n) is 1.07. The molecule has 1 heterocycles. The molecule has 0 radical (unpaired) electrons. The summed E-state index contributed by atoms with van der Waals surface area (Å²) in [4.78, 5) is 0. The summed E-state index contributed by atoms with van der Waals surface area (Å²) in [5, 5.41) is 0. The zero-order valence-electron chi connectivity index (χ0n) is 7.75. The standard InChI is InChI=1S/C9H17NO2/c1-7(2)12-6-8(10)9-4-3-5-11-9/h4,7-8H,3,5-6,10H2,1-2H3. The van der Waals surface area contributed by atoms with E-state index in [2.05, 4.69) is 0 Å². The molecule has 0 aromatic heterocycles. The van der Waals surface area contributed by atoms with Crippen molar-refractivity contribution in [3.63, 3.8) is 0 Å². The van der Waals surface area contributed by atoms with Crippen LogP contribution < -0.4 is 5.73 Å². The monoisotopic (exact) mass is 171 g/mol. The van der Waals surface area contributed by atoms with Crippen LogP contribution in [-0.4, -0.2) is 25.4 Å². The summed E-state index contributed by atoms with van der Waals surface area (Å²) >= 11 is 0. The summed E-state index contributed by atoms with van der Waals surface area (Å²) in [5.41, 5.74) is 5.81. The van der Waals surface area contributed by atoms with Crippen molar-refractivity contribution in [1.82, 2.24) is 0 Å². The first-order chi connectivity index (χ1) is 5.70. The van der Waals surface area contributed by atoms with Crippen LogP contribution in [0.3, 0.4) is 0 Å². The van der Waals surface area contributed by atoms with Crippen LogP contribution >= 0.6 is 0 Å². The molecule has 1 aliphatic heterocycles. The molecule has 0 bridgehead atoms. The third-order valence-electron chi connectivity index (χ3n) is 1.71. The smallest absolute Gasteiger partial charge is 0.111 e. The van der Waals surface area contributed by atoms with E-state index in [1.54, 1.807) is 0 Å². The molecule has 0 aliphatic carbocycles. The van der Waals surface area contributed by atoms with Crippen molar-refractivity contribution in [3.8, 4) is 0 Å². The summed E-state index contributed by atoms with van der Waals surface area (Å²) in [5.74, 6) is 0.885. The first-order valence-electron chi connectivity index (χ1n) is 4.40. The fourth-order valence-corrected chi connectivity index (χ4v) is 1.07. The van der Waals surface area contributed by atoms with Crippen molar-refractivity contribution in [2.75, 3.05) is 13.2 Å². The lowest BCUT2D eigenvalue weighted by Gasteiger charge is -2.15. The topological polar surface area (TPSA) is 44.5 Å². The van der Waals surface area contributed by atoms with Crippen LogP contribution in [0.5, 0.6) is 0 Å². The van der Waals surface area contributed by atoms with Crippen molar-refractivity contribution < 1.29 is 9.47 Å².